The van der Waals surface area contributed by atoms with Crippen LogP contribution in [-0.2, 0) is 27.8 Å². The Bertz CT molecular complexity index is 1440. The predicted molar refractivity (Wildman–Crippen MR) is 144 cm³/mol. The molecule has 39 heavy (non-hydrogen) atoms. The van der Waals surface area contributed by atoms with Crippen molar-refractivity contribution in [2.45, 2.75) is 71.1 Å². The van der Waals surface area contributed by atoms with Gasteiger partial charge in [-0.25, -0.2) is 14.2 Å². The van der Waals surface area contributed by atoms with Crippen LogP contribution in [0, 0.1) is 5.82 Å². The van der Waals surface area contributed by atoms with E-state index in [9.17, 15) is 27.2 Å². The van der Waals surface area contributed by atoms with Gasteiger partial charge in [-0.05, 0) is 69.7 Å². The zero-order valence-electron chi connectivity index (χ0n) is 22.8. The molecule has 0 radical (unpaired) electrons. The number of carbonyl (C=O) groups is 2. The van der Waals surface area contributed by atoms with Crippen LogP contribution in [-0.4, -0.2) is 53.6 Å². The second-order valence-electron chi connectivity index (χ2n) is 10.5. The summed E-state index contributed by atoms with van der Waals surface area (Å²) < 4.78 is 49.4. The SMILES string of the molecule is C=Cc1cc(F)ccc1CCC(=O)c1nc2n(c(=O)c1OS(C)(=O)=O)CCCCC2N(C)C(=O)OC(C)(C)C. The lowest BCUT2D eigenvalue weighted by Gasteiger charge is -2.30. The van der Waals surface area contributed by atoms with Gasteiger partial charge in [-0.1, -0.05) is 18.7 Å². The zero-order valence-corrected chi connectivity index (χ0v) is 23.6. The van der Waals surface area contributed by atoms with Crippen molar-refractivity contribution in [3.63, 3.8) is 0 Å². The highest BCUT2D eigenvalue weighted by Gasteiger charge is 2.34. The Hall–Kier alpha value is -3.54. The Balaban J connectivity index is 2.09. The lowest BCUT2D eigenvalue weighted by molar-refractivity contribution is 0.0202. The lowest BCUT2D eigenvalue weighted by atomic mass is 10.00. The average Bonchev–Trinajstić information content (AvgIpc) is 3.05. The first-order valence-corrected chi connectivity index (χ1v) is 14.4. The molecule has 1 aliphatic rings. The van der Waals surface area contributed by atoms with Gasteiger partial charge in [-0.2, -0.15) is 8.42 Å². The van der Waals surface area contributed by atoms with E-state index in [-0.39, 0.29) is 25.2 Å². The molecule has 3 rings (SSSR count). The van der Waals surface area contributed by atoms with E-state index >= 15 is 0 Å². The second kappa shape index (κ2) is 11.7. The molecule has 2 heterocycles. The van der Waals surface area contributed by atoms with Crippen LogP contribution in [0.1, 0.15) is 79.9 Å². The van der Waals surface area contributed by atoms with Gasteiger partial charge in [0, 0.05) is 20.0 Å². The maximum absolute atomic E-state index is 13.6. The van der Waals surface area contributed by atoms with Crippen molar-refractivity contribution in [1.29, 1.82) is 0 Å². The van der Waals surface area contributed by atoms with E-state index in [4.69, 9.17) is 8.92 Å². The van der Waals surface area contributed by atoms with Crippen LogP contribution in [0.5, 0.6) is 5.75 Å². The first kappa shape index (κ1) is 30.0. The fourth-order valence-corrected chi connectivity index (χ4v) is 4.81. The summed E-state index contributed by atoms with van der Waals surface area (Å²) in [4.78, 5) is 45.6. The maximum atomic E-state index is 13.6. The van der Waals surface area contributed by atoms with Crippen molar-refractivity contribution in [1.82, 2.24) is 14.5 Å². The molecule has 10 nitrogen and oxygen atoms in total. The molecule has 0 N–H and O–H groups in total. The van der Waals surface area contributed by atoms with E-state index in [1.165, 1.54) is 40.8 Å². The van der Waals surface area contributed by atoms with Crippen molar-refractivity contribution >= 4 is 28.1 Å². The summed E-state index contributed by atoms with van der Waals surface area (Å²) in [5.74, 6) is -1.64. The number of nitrogens with zero attached hydrogens (tertiary/aromatic N) is 3. The van der Waals surface area contributed by atoms with Gasteiger partial charge >= 0.3 is 16.2 Å². The standard InChI is InChI=1S/C27H34FN3O7S/c1-7-17-16-19(28)13-11-18(17)12-14-21(32)22-23(38-39(6,35)36)25(33)31-15-9-8-10-20(24(31)29-22)30(5)26(34)37-27(2,3)4/h7,11,13,16,20H,1,8-10,12,14-15H2,2-6H3. The number of ketones is 1. The number of aromatic nitrogens is 2. The molecule has 0 aliphatic carbocycles. The van der Waals surface area contributed by atoms with Gasteiger partial charge in [0.25, 0.3) is 5.56 Å². The molecular weight excluding hydrogens is 529 g/mol. The largest absolute Gasteiger partial charge is 0.444 e. The van der Waals surface area contributed by atoms with E-state index in [0.29, 0.717) is 30.4 Å². The third kappa shape index (κ3) is 7.53. The lowest BCUT2D eigenvalue weighted by Crippen LogP contribution is -2.39. The molecule has 0 saturated carbocycles. The maximum Gasteiger partial charge on any atom is 0.410 e. The monoisotopic (exact) mass is 563 g/mol. The third-order valence-corrected chi connectivity index (χ3v) is 6.63. The Morgan fingerprint density at radius 2 is 1.97 bits per heavy atom. The molecule has 1 aliphatic heterocycles. The summed E-state index contributed by atoms with van der Waals surface area (Å²) >= 11 is 0. The Morgan fingerprint density at radius 3 is 2.59 bits per heavy atom. The van der Waals surface area contributed by atoms with Gasteiger partial charge in [-0.3, -0.25) is 14.2 Å². The van der Waals surface area contributed by atoms with E-state index in [0.717, 1.165) is 6.26 Å². The summed E-state index contributed by atoms with van der Waals surface area (Å²) in [6.45, 7) is 9.05. The Morgan fingerprint density at radius 1 is 1.28 bits per heavy atom. The van der Waals surface area contributed by atoms with Crippen LogP contribution in [0.3, 0.4) is 0 Å². The highest BCUT2D eigenvalue weighted by Crippen LogP contribution is 2.30. The number of ether oxygens (including phenoxy) is 1. The van der Waals surface area contributed by atoms with E-state index in [2.05, 4.69) is 11.6 Å². The molecule has 0 spiro atoms. The van der Waals surface area contributed by atoms with E-state index < -0.39 is 56.5 Å². The molecule has 0 saturated heterocycles. The van der Waals surface area contributed by atoms with Crippen molar-refractivity contribution in [3.8, 4) is 5.75 Å². The van der Waals surface area contributed by atoms with Crippen molar-refractivity contribution in [3.05, 3.63) is 63.6 Å². The molecule has 1 aromatic heterocycles. The van der Waals surface area contributed by atoms with Crippen LogP contribution in [0.4, 0.5) is 9.18 Å². The number of Topliss-reactive ketones (excluding diaryl/α,β-unsaturated/α-hetero) is 1. The summed E-state index contributed by atoms with van der Waals surface area (Å²) in [5, 5.41) is 0. The molecule has 212 valence electrons. The van der Waals surface area contributed by atoms with Crippen LogP contribution < -0.4 is 9.74 Å². The average molecular weight is 564 g/mol. The fraction of sp³-hybridized carbons (Fsp3) is 0.481. The summed E-state index contributed by atoms with van der Waals surface area (Å²) in [6.07, 6.45) is 3.23. The fourth-order valence-electron chi connectivity index (χ4n) is 4.35. The smallest absolute Gasteiger partial charge is 0.410 e. The van der Waals surface area contributed by atoms with E-state index in [1.54, 1.807) is 20.8 Å². The van der Waals surface area contributed by atoms with Crippen LogP contribution in [0.15, 0.2) is 29.6 Å². The Kier molecular flexibility index (Phi) is 8.99. The molecular formula is C27H34FN3O7S. The first-order valence-electron chi connectivity index (χ1n) is 12.6. The number of benzene rings is 1. The minimum atomic E-state index is -4.18. The molecule has 1 amide bonds. The van der Waals surface area contributed by atoms with Crippen LogP contribution in [0.25, 0.3) is 6.08 Å². The summed E-state index contributed by atoms with van der Waals surface area (Å²) in [6, 6.07) is 3.36. The molecule has 0 fully saturated rings. The van der Waals surface area contributed by atoms with Crippen LogP contribution in [0.2, 0.25) is 0 Å². The van der Waals surface area contributed by atoms with Gasteiger partial charge in [0.1, 0.15) is 17.2 Å². The number of amides is 1. The molecule has 2 aromatic rings. The highest BCUT2D eigenvalue weighted by molar-refractivity contribution is 7.86. The Labute approximate surface area is 227 Å². The van der Waals surface area contributed by atoms with Gasteiger partial charge in [-0.15, -0.1) is 0 Å². The highest BCUT2D eigenvalue weighted by atomic mass is 32.2. The number of hydrogen-bond acceptors (Lipinski definition) is 8. The normalized spacial score (nSPS) is 15.6. The third-order valence-electron chi connectivity index (χ3n) is 6.16. The predicted octanol–water partition coefficient (Wildman–Crippen LogP) is 4.27. The number of rotatable bonds is 8. The van der Waals surface area contributed by atoms with Gasteiger partial charge in [0.15, 0.2) is 11.5 Å². The van der Waals surface area contributed by atoms with Crippen molar-refractivity contribution in [2.75, 3.05) is 13.3 Å². The topological polar surface area (TPSA) is 125 Å². The van der Waals surface area contributed by atoms with E-state index in [1.807, 2.05) is 0 Å². The van der Waals surface area contributed by atoms with Gasteiger partial charge in [0.05, 0.1) is 12.3 Å². The minimum absolute atomic E-state index is 0.142. The zero-order chi connectivity index (χ0) is 29.1. The molecule has 0 bridgehead atoms. The molecule has 1 atom stereocenters. The second-order valence-corrected chi connectivity index (χ2v) is 12.0. The van der Waals surface area contributed by atoms with Gasteiger partial charge in [0.2, 0.25) is 5.75 Å². The van der Waals surface area contributed by atoms with Crippen molar-refractivity contribution in [2.24, 2.45) is 0 Å². The molecule has 12 heteroatoms. The first-order chi connectivity index (χ1) is 18.1. The van der Waals surface area contributed by atoms with Crippen molar-refractivity contribution < 1.29 is 31.3 Å². The minimum Gasteiger partial charge on any atom is -0.444 e. The quantitative estimate of drug-likeness (QED) is 0.344. The number of halogens is 1. The number of hydrogen-bond donors (Lipinski definition) is 0. The number of fused-ring (bicyclic) bond motifs is 1. The molecule has 1 aromatic carbocycles. The van der Waals surface area contributed by atoms with Crippen LogP contribution >= 0.6 is 0 Å². The summed E-state index contributed by atoms with van der Waals surface area (Å²) in [5.41, 5.74) is -0.888. The number of aryl methyl sites for hydroxylation is 1. The van der Waals surface area contributed by atoms with Gasteiger partial charge < -0.3 is 13.8 Å². The summed E-state index contributed by atoms with van der Waals surface area (Å²) in [7, 11) is -2.66. The molecule has 1 unspecified atom stereocenters. The number of carbonyl (C=O) groups excluding carboxylic acids is 2.